The highest BCUT2D eigenvalue weighted by atomic mass is 35.5. The molecule has 2 heterocycles. The van der Waals surface area contributed by atoms with Crippen molar-refractivity contribution in [3.05, 3.63) is 34.6 Å². The molecule has 0 unspecified atom stereocenters. The van der Waals surface area contributed by atoms with Gasteiger partial charge in [0.15, 0.2) is 0 Å². The molecule has 2 aromatic rings. The number of aromatic nitrogens is 2. The largest absolute Gasteiger partial charge is 0.252 e. The first kappa shape index (κ1) is 9.13. The van der Waals surface area contributed by atoms with Gasteiger partial charge >= 0.3 is 0 Å². The number of halogens is 1. The molecular weight excluding hydrogens is 218 g/mol. The lowest BCUT2D eigenvalue weighted by molar-refractivity contribution is 1.30. The van der Waals surface area contributed by atoms with Crippen LogP contribution in [0.25, 0.3) is 10.6 Å². The normalized spacial score (nSPS) is 9.71. The fourth-order valence-electron chi connectivity index (χ4n) is 0.997. The molecule has 0 radical (unpaired) electrons. The summed E-state index contributed by atoms with van der Waals surface area (Å²) in [5, 5.41) is 8.89. The predicted molar refractivity (Wildman–Crippen MR) is 55.1 cm³/mol. The van der Waals surface area contributed by atoms with Crippen LogP contribution in [0.3, 0.4) is 0 Å². The van der Waals surface area contributed by atoms with Gasteiger partial charge in [-0.3, -0.25) is 4.98 Å². The highest BCUT2D eigenvalue weighted by molar-refractivity contribution is 7.13. The second kappa shape index (κ2) is 3.74. The van der Waals surface area contributed by atoms with Crippen LogP contribution < -0.4 is 0 Å². The molecule has 3 nitrogen and oxygen atoms in total. The Hall–Kier alpha value is -1.44. The van der Waals surface area contributed by atoms with E-state index in [1.165, 1.54) is 11.3 Å². The summed E-state index contributed by atoms with van der Waals surface area (Å²) in [6.07, 6.45) is 1.72. The highest BCUT2D eigenvalue weighted by Crippen LogP contribution is 2.23. The van der Waals surface area contributed by atoms with E-state index in [9.17, 15) is 0 Å². The van der Waals surface area contributed by atoms with Gasteiger partial charge in [0, 0.05) is 6.20 Å². The molecule has 0 saturated carbocycles. The van der Waals surface area contributed by atoms with Crippen molar-refractivity contribution in [1.29, 1.82) is 5.26 Å². The summed E-state index contributed by atoms with van der Waals surface area (Å²) in [6, 6.07) is 5.38. The van der Waals surface area contributed by atoms with Crippen LogP contribution in [-0.4, -0.2) is 9.97 Å². The lowest BCUT2D eigenvalue weighted by Crippen LogP contribution is -1.85. The maximum absolute atomic E-state index is 8.66. The highest BCUT2D eigenvalue weighted by Gasteiger charge is 2.05. The second-order valence-electron chi connectivity index (χ2n) is 2.51. The molecule has 0 aliphatic heterocycles. The van der Waals surface area contributed by atoms with E-state index in [4.69, 9.17) is 16.9 Å². The molecule has 0 aromatic carbocycles. The van der Waals surface area contributed by atoms with Gasteiger partial charge in [-0.2, -0.15) is 5.26 Å². The van der Waals surface area contributed by atoms with Gasteiger partial charge in [0.1, 0.15) is 11.2 Å². The van der Waals surface area contributed by atoms with E-state index in [2.05, 4.69) is 9.97 Å². The first-order valence-corrected chi connectivity index (χ1v) is 5.02. The Morgan fingerprint density at radius 3 is 2.86 bits per heavy atom. The third-order valence-electron chi connectivity index (χ3n) is 1.65. The maximum Gasteiger partial charge on any atom is 0.147 e. The SMILES string of the molecule is N#Cc1ccc(-c2cncs2)nc1Cl. The average molecular weight is 222 g/mol. The van der Waals surface area contributed by atoms with Gasteiger partial charge in [0.05, 0.1) is 21.6 Å². The van der Waals surface area contributed by atoms with E-state index < -0.39 is 0 Å². The monoisotopic (exact) mass is 221 g/mol. The van der Waals surface area contributed by atoms with Crippen LogP contribution in [0.1, 0.15) is 5.56 Å². The van der Waals surface area contributed by atoms with Crippen LogP contribution in [0.5, 0.6) is 0 Å². The van der Waals surface area contributed by atoms with E-state index >= 15 is 0 Å². The van der Waals surface area contributed by atoms with Crippen LogP contribution in [0.4, 0.5) is 0 Å². The third-order valence-corrected chi connectivity index (χ3v) is 2.74. The van der Waals surface area contributed by atoms with E-state index in [0.717, 1.165) is 10.6 Å². The molecular formula is C9H4ClN3S. The molecule has 68 valence electrons. The third kappa shape index (κ3) is 1.60. The molecule has 0 bridgehead atoms. The minimum absolute atomic E-state index is 0.235. The van der Waals surface area contributed by atoms with E-state index in [-0.39, 0.29) is 5.15 Å². The molecule has 2 aromatic heterocycles. The lowest BCUT2D eigenvalue weighted by Gasteiger charge is -1.97. The van der Waals surface area contributed by atoms with Gasteiger partial charge < -0.3 is 0 Å². The molecule has 0 aliphatic carbocycles. The maximum atomic E-state index is 8.66. The Bertz CT molecular complexity index is 487. The first-order chi connectivity index (χ1) is 6.81. The van der Waals surface area contributed by atoms with E-state index in [1.54, 1.807) is 23.8 Å². The fourth-order valence-corrected chi connectivity index (χ4v) is 1.78. The molecule has 2 rings (SSSR count). The minimum Gasteiger partial charge on any atom is -0.252 e. The van der Waals surface area contributed by atoms with Gasteiger partial charge in [-0.05, 0) is 12.1 Å². The minimum atomic E-state index is 0.235. The summed E-state index contributed by atoms with van der Waals surface area (Å²) in [4.78, 5) is 8.98. The van der Waals surface area contributed by atoms with Gasteiger partial charge in [0.25, 0.3) is 0 Å². The van der Waals surface area contributed by atoms with Crippen molar-refractivity contribution in [2.24, 2.45) is 0 Å². The summed E-state index contributed by atoms with van der Waals surface area (Å²) in [5.74, 6) is 0. The summed E-state index contributed by atoms with van der Waals surface area (Å²) in [5.41, 5.74) is 2.86. The van der Waals surface area contributed by atoms with Gasteiger partial charge in [0.2, 0.25) is 0 Å². The molecule has 0 fully saturated rings. The number of pyridine rings is 1. The zero-order valence-electron chi connectivity index (χ0n) is 6.94. The van der Waals surface area contributed by atoms with Crippen LogP contribution in [0, 0.1) is 11.3 Å². The number of rotatable bonds is 1. The molecule has 0 aliphatic rings. The molecule has 0 amide bonds. The summed E-state index contributed by atoms with van der Waals surface area (Å²) in [7, 11) is 0. The Morgan fingerprint density at radius 2 is 2.29 bits per heavy atom. The summed E-state index contributed by atoms with van der Waals surface area (Å²) in [6.45, 7) is 0. The van der Waals surface area contributed by atoms with Crippen LogP contribution >= 0.6 is 22.9 Å². The zero-order chi connectivity index (χ0) is 9.97. The summed E-state index contributed by atoms with van der Waals surface area (Å²) >= 11 is 7.28. The van der Waals surface area contributed by atoms with E-state index in [1.807, 2.05) is 6.07 Å². The van der Waals surface area contributed by atoms with Crippen molar-refractivity contribution in [3.63, 3.8) is 0 Å². The van der Waals surface area contributed by atoms with Crippen molar-refractivity contribution in [2.45, 2.75) is 0 Å². The second-order valence-corrected chi connectivity index (χ2v) is 3.76. The molecule has 0 spiro atoms. The topological polar surface area (TPSA) is 49.6 Å². The number of hydrogen-bond donors (Lipinski definition) is 0. The van der Waals surface area contributed by atoms with Crippen LogP contribution in [0.2, 0.25) is 5.15 Å². The van der Waals surface area contributed by atoms with Gasteiger partial charge in [-0.1, -0.05) is 11.6 Å². The Kier molecular flexibility index (Phi) is 2.44. The average Bonchev–Trinajstić information content (AvgIpc) is 2.70. The van der Waals surface area contributed by atoms with Gasteiger partial charge in [-0.25, -0.2) is 4.98 Å². The molecule has 0 saturated heterocycles. The first-order valence-electron chi connectivity index (χ1n) is 3.77. The smallest absolute Gasteiger partial charge is 0.147 e. The van der Waals surface area contributed by atoms with E-state index in [0.29, 0.717) is 5.56 Å². The van der Waals surface area contributed by atoms with Crippen LogP contribution in [-0.2, 0) is 0 Å². The van der Waals surface area contributed by atoms with Crippen LogP contribution in [0.15, 0.2) is 23.8 Å². The molecule has 5 heteroatoms. The van der Waals surface area contributed by atoms with Crippen molar-refractivity contribution in [2.75, 3.05) is 0 Å². The summed E-state index contributed by atoms with van der Waals surface area (Å²) < 4.78 is 0. The molecule has 0 atom stereocenters. The van der Waals surface area contributed by atoms with Crippen molar-refractivity contribution >= 4 is 22.9 Å². The predicted octanol–water partition coefficient (Wildman–Crippen LogP) is 2.73. The number of thiazole rings is 1. The zero-order valence-corrected chi connectivity index (χ0v) is 8.51. The number of nitrogens with zero attached hydrogens (tertiary/aromatic N) is 3. The fraction of sp³-hybridized carbons (Fsp3) is 0. The number of nitriles is 1. The van der Waals surface area contributed by atoms with Crippen molar-refractivity contribution in [3.8, 4) is 16.6 Å². The lowest BCUT2D eigenvalue weighted by atomic mass is 10.2. The van der Waals surface area contributed by atoms with Gasteiger partial charge in [-0.15, -0.1) is 11.3 Å². The number of hydrogen-bond acceptors (Lipinski definition) is 4. The molecule has 14 heavy (non-hydrogen) atoms. The van der Waals surface area contributed by atoms with Crippen molar-refractivity contribution < 1.29 is 0 Å². The standard InChI is InChI=1S/C9H4ClN3S/c10-9-6(3-11)1-2-7(13-9)8-4-12-5-14-8/h1-2,4-5H. The Labute approximate surface area is 89.6 Å². The Balaban J connectivity index is 2.49. The quantitative estimate of drug-likeness (QED) is 0.696. The Morgan fingerprint density at radius 1 is 1.43 bits per heavy atom. The molecule has 0 N–H and O–H groups in total. The van der Waals surface area contributed by atoms with Crippen molar-refractivity contribution in [1.82, 2.24) is 9.97 Å².